The van der Waals surface area contributed by atoms with Crippen molar-refractivity contribution >= 4 is 5.97 Å². The third-order valence-electron chi connectivity index (χ3n) is 10.00. The van der Waals surface area contributed by atoms with Crippen LogP contribution in [0.4, 0.5) is 0 Å². The molecule has 4 aliphatic carbocycles. The number of esters is 1. The highest BCUT2D eigenvalue weighted by molar-refractivity contribution is 5.68. The van der Waals surface area contributed by atoms with Crippen molar-refractivity contribution < 1.29 is 14.6 Å². The molecule has 0 spiro atoms. The number of aliphatic hydroxyl groups is 1. The topological polar surface area (TPSA) is 46.5 Å². The van der Waals surface area contributed by atoms with Gasteiger partial charge in [0.25, 0.3) is 0 Å². The molecule has 4 rings (SSSR count). The molecule has 4 unspecified atom stereocenters. The van der Waals surface area contributed by atoms with Crippen molar-refractivity contribution in [3.05, 3.63) is 0 Å². The summed E-state index contributed by atoms with van der Waals surface area (Å²) in [6.45, 7) is 5.16. The summed E-state index contributed by atoms with van der Waals surface area (Å²) in [7, 11) is 1.50. The van der Waals surface area contributed by atoms with Crippen LogP contribution in [-0.4, -0.2) is 24.3 Å². The Hall–Kier alpha value is -1.01. The highest BCUT2D eigenvalue weighted by atomic mass is 16.5. The largest absolute Gasteiger partial charge is 0.469 e. The lowest BCUT2D eigenvalue weighted by atomic mass is 9.44. The zero-order valence-electron chi connectivity index (χ0n) is 18.9. The van der Waals surface area contributed by atoms with Crippen LogP contribution in [0.2, 0.25) is 0 Å². The van der Waals surface area contributed by atoms with Crippen LogP contribution in [0.3, 0.4) is 0 Å². The van der Waals surface area contributed by atoms with Gasteiger partial charge in [-0.1, -0.05) is 13.8 Å². The summed E-state index contributed by atoms with van der Waals surface area (Å²) in [4.78, 5) is 11.5. The third-order valence-corrected chi connectivity index (χ3v) is 10.00. The molecular weight excluding hydrogens is 360 g/mol. The zero-order valence-corrected chi connectivity index (χ0v) is 18.9. The van der Waals surface area contributed by atoms with E-state index in [4.69, 9.17) is 4.74 Å². The Bertz CT molecular complexity index is 598. The van der Waals surface area contributed by atoms with Crippen molar-refractivity contribution in [2.75, 3.05) is 7.11 Å². The van der Waals surface area contributed by atoms with Gasteiger partial charge in [-0.15, -0.1) is 12.8 Å². The summed E-state index contributed by atoms with van der Waals surface area (Å²) >= 11 is 0. The van der Waals surface area contributed by atoms with Gasteiger partial charge in [0, 0.05) is 6.42 Å². The molecule has 0 aromatic carbocycles. The Morgan fingerprint density at radius 2 is 1.69 bits per heavy atom. The van der Waals surface area contributed by atoms with E-state index in [0.717, 1.165) is 48.9 Å². The smallest absolute Gasteiger partial charge is 0.305 e. The maximum Gasteiger partial charge on any atom is 0.305 e. The molecule has 29 heavy (non-hydrogen) atoms. The molecule has 0 aromatic heterocycles. The monoisotopic (exact) mass is 402 g/mol. The summed E-state index contributed by atoms with van der Waals surface area (Å²) in [5, 5.41) is 10.2. The minimum Gasteiger partial charge on any atom is -0.469 e. The molecule has 4 saturated carbocycles. The molecular formula is C26H42O3. The first kappa shape index (κ1) is 22.7. The van der Waals surface area contributed by atoms with Gasteiger partial charge in [0.15, 0.2) is 0 Å². The van der Waals surface area contributed by atoms with E-state index < -0.39 is 0 Å². The van der Waals surface area contributed by atoms with Crippen LogP contribution < -0.4 is 0 Å². The number of rotatable bonds is 4. The molecule has 8 atom stereocenters. The van der Waals surface area contributed by atoms with E-state index in [1.165, 1.54) is 58.5 Å². The Balaban J connectivity index is 0.00000117. The second-order valence-electron chi connectivity index (χ2n) is 10.9. The third kappa shape index (κ3) is 3.99. The number of methoxy groups -OCH3 is 1. The van der Waals surface area contributed by atoms with E-state index in [-0.39, 0.29) is 12.1 Å². The molecule has 0 radical (unpaired) electrons. The maximum atomic E-state index is 11.5. The van der Waals surface area contributed by atoms with Crippen molar-refractivity contribution in [3.63, 3.8) is 0 Å². The van der Waals surface area contributed by atoms with E-state index in [2.05, 4.69) is 26.7 Å². The molecule has 0 saturated heterocycles. The fourth-order valence-electron chi connectivity index (χ4n) is 8.41. The first-order valence-electron chi connectivity index (χ1n) is 12.0. The maximum absolute atomic E-state index is 11.5. The summed E-state index contributed by atoms with van der Waals surface area (Å²) in [6.07, 6.45) is 22.3. The average Bonchev–Trinajstić information content (AvgIpc) is 3.06. The Labute approximate surface area is 178 Å². The lowest BCUT2D eigenvalue weighted by Gasteiger charge is -2.61. The zero-order chi connectivity index (χ0) is 21.2. The van der Waals surface area contributed by atoms with Gasteiger partial charge >= 0.3 is 5.97 Å². The number of terminal acetylenes is 1. The number of carbonyl (C=O) groups excluding carboxylic acids is 1. The van der Waals surface area contributed by atoms with E-state index in [1.807, 2.05) is 0 Å². The van der Waals surface area contributed by atoms with Gasteiger partial charge < -0.3 is 9.84 Å². The normalized spacial score (nSPS) is 45.7. The number of ether oxygens (including phenoxy) is 1. The first-order valence-corrected chi connectivity index (χ1v) is 12.0. The lowest BCUT2D eigenvalue weighted by molar-refractivity contribution is -0.141. The van der Waals surface area contributed by atoms with E-state index >= 15 is 0 Å². The average molecular weight is 403 g/mol. The molecule has 0 amide bonds. The van der Waals surface area contributed by atoms with Gasteiger partial charge in [0.2, 0.25) is 0 Å². The number of hydrogen-bond acceptors (Lipinski definition) is 3. The fraction of sp³-hybridized carbons (Fsp3) is 0.885. The Morgan fingerprint density at radius 1 is 1.00 bits per heavy atom. The molecule has 3 heteroatoms. The molecule has 4 aliphatic rings. The van der Waals surface area contributed by atoms with Crippen molar-refractivity contribution in [2.45, 2.75) is 97.0 Å². The van der Waals surface area contributed by atoms with Crippen LogP contribution >= 0.6 is 0 Å². The predicted molar refractivity (Wildman–Crippen MR) is 117 cm³/mol. The number of aliphatic hydroxyl groups excluding tert-OH is 1. The van der Waals surface area contributed by atoms with Crippen molar-refractivity contribution in [1.82, 2.24) is 0 Å². The quantitative estimate of drug-likeness (QED) is 0.492. The van der Waals surface area contributed by atoms with Gasteiger partial charge in [0.1, 0.15) is 0 Å². The molecule has 0 heterocycles. The fourth-order valence-corrected chi connectivity index (χ4v) is 8.41. The summed E-state index contributed by atoms with van der Waals surface area (Å²) in [5.41, 5.74) is 0.973. The lowest BCUT2D eigenvalue weighted by Crippen LogP contribution is -2.53. The van der Waals surface area contributed by atoms with Gasteiger partial charge in [-0.25, -0.2) is 0 Å². The Kier molecular flexibility index (Phi) is 7.04. The summed E-state index contributed by atoms with van der Waals surface area (Å²) in [6, 6.07) is 0. The van der Waals surface area contributed by atoms with Gasteiger partial charge in [0.05, 0.1) is 13.2 Å². The predicted octanol–water partition coefficient (Wildman–Crippen LogP) is 5.60. The van der Waals surface area contributed by atoms with Crippen molar-refractivity contribution in [1.29, 1.82) is 0 Å². The highest BCUT2D eigenvalue weighted by Gasteiger charge is 2.59. The molecule has 1 N–H and O–H groups in total. The van der Waals surface area contributed by atoms with Crippen molar-refractivity contribution in [2.24, 2.45) is 40.4 Å². The van der Waals surface area contributed by atoms with Crippen molar-refractivity contribution in [3.8, 4) is 12.8 Å². The van der Waals surface area contributed by atoms with Crippen LogP contribution in [-0.2, 0) is 9.53 Å². The molecule has 0 bridgehead atoms. The summed E-state index contributed by atoms with van der Waals surface area (Å²) < 4.78 is 4.83. The van der Waals surface area contributed by atoms with E-state index in [1.54, 1.807) is 0 Å². The minimum atomic E-state index is -0.0517. The molecule has 0 aliphatic heterocycles. The second kappa shape index (κ2) is 9.01. The molecule has 0 aromatic rings. The number of fused-ring (bicyclic) bond motifs is 5. The van der Waals surface area contributed by atoms with Crippen LogP contribution in [0, 0.1) is 53.3 Å². The first-order chi connectivity index (χ1) is 13.9. The molecule has 4 fully saturated rings. The van der Waals surface area contributed by atoms with Gasteiger partial charge in [-0.05, 0) is 111 Å². The van der Waals surface area contributed by atoms with E-state index in [9.17, 15) is 9.90 Å². The van der Waals surface area contributed by atoms with Crippen LogP contribution in [0.15, 0.2) is 0 Å². The second-order valence-corrected chi connectivity index (χ2v) is 10.9. The highest BCUT2D eigenvalue weighted by Crippen LogP contribution is 2.67. The SMILES string of the molecule is C#C.COC(=O)CCC[C@H]1CCC2C3CCC4C[C@H](O)CC[C@]4(C)C3CC[C@@]21C. The van der Waals surface area contributed by atoms with Crippen LogP contribution in [0.5, 0.6) is 0 Å². The number of hydrogen-bond donors (Lipinski definition) is 1. The van der Waals surface area contributed by atoms with Gasteiger partial charge in [-0.3, -0.25) is 4.79 Å². The molecule has 164 valence electrons. The van der Waals surface area contributed by atoms with Crippen LogP contribution in [0.1, 0.15) is 90.9 Å². The standard InChI is InChI=1S/C24H40O3.C2H2/c1-23-14-12-21-19(9-7-17-15-18(25)11-13-24(17,21)2)20(23)10-8-16(23)5-4-6-22(26)27-3;1-2/h16-21,25H,4-15H2,1-3H3;1-2H/t16-,17?,18+,19?,20?,21?,23+,24-;/m0./s1. The minimum absolute atomic E-state index is 0.0425. The molecule has 3 nitrogen and oxygen atoms in total. The Morgan fingerprint density at radius 3 is 2.41 bits per heavy atom. The van der Waals surface area contributed by atoms with Crippen LogP contribution in [0.25, 0.3) is 0 Å². The van der Waals surface area contributed by atoms with E-state index in [0.29, 0.717) is 17.3 Å². The van der Waals surface area contributed by atoms with Gasteiger partial charge in [-0.2, -0.15) is 0 Å². The summed E-state index contributed by atoms with van der Waals surface area (Å²) in [5.74, 6) is 4.19. The number of carbonyl (C=O) groups is 1.